The number of halogens is 3. The molecule has 0 bridgehead atoms. The summed E-state index contributed by atoms with van der Waals surface area (Å²) in [5.74, 6) is 0.195. The first-order valence-corrected chi connectivity index (χ1v) is 7.43. The average Bonchev–Trinajstić information content (AvgIpc) is 2.41. The van der Waals surface area contributed by atoms with Crippen molar-refractivity contribution >= 4 is 55.1 Å². The van der Waals surface area contributed by atoms with E-state index in [2.05, 4.69) is 42.2 Å². The van der Waals surface area contributed by atoms with Crippen LogP contribution in [-0.2, 0) is 0 Å². The van der Waals surface area contributed by atoms with Crippen LogP contribution in [0.15, 0.2) is 39.4 Å². The molecule has 20 heavy (non-hydrogen) atoms. The van der Waals surface area contributed by atoms with Crippen LogP contribution in [0.4, 0.5) is 5.69 Å². The van der Waals surface area contributed by atoms with Crippen LogP contribution in [0.25, 0.3) is 0 Å². The number of hydrogen-bond donors (Lipinski definition) is 1. The summed E-state index contributed by atoms with van der Waals surface area (Å²) in [4.78, 5) is 16.2. The van der Waals surface area contributed by atoms with Crippen molar-refractivity contribution < 1.29 is 9.53 Å². The number of nitrogens with zero attached hydrogens (tertiary/aromatic N) is 1. The number of carbonyl (C=O) groups excluding carboxylic acids is 1. The molecule has 1 aromatic carbocycles. The van der Waals surface area contributed by atoms with E-state index in [-0.39, 0.29) is 16.6 Å². The Morgan fingerprint density at radius 1 is 1.30 bits per heavy atom. The van der Waals surface area contributed by atoms with Gasteiger partial charge >= 0.3 is 0 Å². The predicted octanol–water partition coefficient (Wildman–Crippen LogP) is 4.52. The van der Waals surface area contributed by atoms with Gasteiger partial charge in [-0.1, -0.05) is 27.5 Å². The number of carbonyl (C=O) groups is 1. The standard InChI is InChI=1S/C13H9Br2ClN2O2/c1-20-11-3-2-7(14)5-10(11)18-13(19)9-4-8(15)6-17-12(9)16/h2-6H,1H3,(H,18,19). The first kappa shape index (κ1) is 15.3. The largest absolute Gasteiger partial charge is 0.495 e. The van der Waals surface area contributed by atoms with E-state index in [0.29, 0.717) is 15.9 Å². The molecule has 4 nitrogen and oxygen atoms in total. The van der Waals surface area contributed by atoms with E-state index in [1.54, 1.807) is 18.2 Å². The summed E-state index contributed by atoms with van der Waals surface area (Å²) in [6.07, 6.45) is 1.53. The van der Waals surface area contributed by atoms with Crippen LogP contribution in [0.5, 0.6) is 5.75 Å². The molecule has 2 aromatic rings. The van der Waals surface area contributed by atoms with Gasteiger partial charge < -0.3 is 10.1 Å². The Balaban J connectivity index is 2.32. The quantitative estimate of drug-likeness (QED) is 0.743. The van der Waals surface area contributed by atoms with Gasteiger partial charge in [0.1, 0.15) is 10.9 Å². The van der Waals surface area contributed by atoms with Gasteiger partial charge in [-0.15, -0.1) is 0 Å². The lowest BCUT2D eigenvalue weighted by Crippen LogP contribution is -2.13. The van der Waals surface area contributed by atoms with Gasteiger partial charge in [0, 0.05) is 15.1 Å². The van der Waals surface area contributed by atoms with Gasteiger partial charge in [-0.2, -0.15) is 0 Å². The van der Waals surface area contributed by atoms with E-state index in [0.717, 1.165) is 4.47 Å². The fraction of sp³-hybridized carbons (Fsp3) is 0.0769. The zero-order chi connectivity index (χ0) is 14.7. The van der Waals surface area contributed by atoms with E-state index in [1.165, 1.54) is 13.3 Å². The van der Waals surface area contributed by atoms with Crippen LogP contribution in [-0.4, -0.2) is 18.0 Å². The number of methoxy groups -OCH3 is 1. The molecule has 7 heteroatoms. The minimum absolute atomic E-state index is 0.139. The van der Waals surface area contributed by atoms with Crippen molar-refractivity contribution in [2.24, 2.45) is 0 Å². The highest BCUT2D eigenvalue weighted by molar-refractivity contribution is 9.10. The van der Waals surface area contributed by atoms with Crippen LogP contribution in [0.3, 0.4) is 0 Å². The highest BCUT2D eigenvalue weighted by atomic mass is 79.9. The highest BCUT2D eigenvalue weighted by Crippen LogP contribution is 2.29. The fourth-order valence-electron chi connectivity index (χ4n) is 1.55. The van der Waals surface area contributed by atoms with Crippen molar-refractivity contribution in [3.05, 3.63) is 50.1 Å². The van der Waals surface area contributed by atoms with E-state index in [1.807, 2.05) is 6.07 Å². The molecule has 0 aliphatic rings. The Morgan fingerprint density at radius 3 is 2.75 bits per heavy atom. The minimum Gasteiger partial charge on any atom is -0.495 e. The number of nitrogens with one attached hydrogen (secondary N) is 1. The number of amides is 1. The molecule has 0 radical (unpaired) electrons. The Labute approximate surface area is 137 Å². The van der Waals surface area contributed by atoms with Crippen LogP contribution in [0, 0.1) is 0 Å². The predicted molar refractivity (Wildman–Crippen MR) is 85.6 cm³/mol. The SMILES string of the molecule is COc1ccc(Br)cc1NC(=O)c1cc(Br)cnc1Cl. The van der Waals surface area contributed by atoms with Crippen LogP contribution >= 0.6 is 43.5 Å². The second-order valence-electron chi connectivity index (χ2n) is 3.79. The maximum absolute atomic E-state index is 12.2. The third-order valence-electron chi connectivity index (χ3n) is 2.46. The molecule has 0 atom stereocenters. The molecule has 0 fully saturated rings. The smallest absolute Gasteiger partial charge is 0.258 e. The van der Waals surface area contributed by atoms with Crippen molar-refractivity contribution in [1.29, 1.82) is 0 Å². The second kappa shape index (κ2) is 6.56. The molecule has 0 saturated heterocycles. The molecule has 1 N–H and O–H groups in total. The molecule has 0 aliphatic carbocycles. The first-order chi connectivity index (χ1) is 9.51. The van der Waals surface area contributed by atoms with Crippen LogP contribution in [0.2, 0.25) is 5.15 Å². The number of pyridine rings is 1. The van der Waals surface area contributed by atoms with Gasteiger partial charge in [-0.25, -0.2) is 4.98 Å². The van der Waals surface area contributed by atoms with E-state index in [9.17, 15) is 4.79 Å². The molecule has 0 spiro atoms. The monoisotopic (exact) mass is 418 g/mol. The summed E-state index contributed by atoms with van der Waals surface area (Å²) >= 11 is 12.5. The summed E-state index contributed by atoms with van der Waals surface area (Å²) in [5, 5.41) is 2.89. The highest BCUT2D eigenvalue weighted by Gasteiger charge is 2.14. The summed E-state index contributed by atoms with van der Waals surface area (Å²) in [6.45, 7) is 0. The third kappa shape index (κ3) is 3.50. The molecular formula is C13H9Br2ClN2O2. The third-order valence-corrected chi connectivity index (χ3v) is 3.69. The van der Waals surface area contributed by atoms with Gasteiger partial charge in [0.25, 0.3) is 5.91 Å². The van der Waals surface area contributed by atoms with E-state index < -0.39 is 0 Å². The lowest BCUT2D eigenvalue weighted by molar-refractivity contribution is 0.102. The molecule has 2 rings (SSSR count). The Bertz CT molecular complexity index is 665. The molecule has 104 valence electrons. The van der Waals surface area contributed by atoms with Crippen molar-refractivity contribution in [3.8, 4) is 5.75 Å². The lowest BCUT2D eigenvalue weighted by atomic mass is 10.2. The van der Waals surface area contributed by atoms with Crippen molar-refractivity contribution in [1.82, 2.24) is 4.98 Å². The van der Waals surface area contributed by atoms with Crippen molar-refractivity contribution in [2.45, 2.75) is 0 Å². The Morgan fingerprint density at radius 2 is 2.05 bits per heavy atom. The molecular weight excluding hydrogens is 411 g/mol. The van der Waals surface area contributed by atoms with Crippen molar-refractivity contribution in [3.63, 3.8) is 0 Å². The average molecular weight is 420 g/mol. The molecule has 0 aliphatic heterocycles. The number of benzene rings is 1. The van der Waals surface area contributed by atoms with Crippen molar-refractivity contribution in [2.75, 3.05) is 12.4 Å². The zero-order valence-electron chi connectivity index (χ0n) is 10.3. The van der Waals surface area contributed by atoms with E-state index in [4.69, 9.17) is 16.3 Å². The number of hydrogen-bond acceptors (Lipinski definition) is 3. The maximum Gasteiger partial charge on any atom is 0.258 e. The van der Waals surface area contributed by atoms with Gasteiger partial charge in [0.2, 0.25) is 0 Å². The number of aromatic nitrogens is 1. The van der Waals surface area contributed by atoms with Gasteiger partial charge in [0.15, 0.2) is 0 Å². The second-order valence-corrected chi connectivity index (χ2v) is 5.98. The first-order valence-electron chi connectivity index (χ1n) is 5.47. The minimum atomic E-state index is -0.361. The lowest BCUT2D eigenvalue weighted by Gasteiger charge is -2.11. The fourth-order valence-corrected chi connectivity index (χ4v) is 2.43. The number of rotatable bonds is 3. The maximum atomic E-state index is 12.2. The normalized spacial score (nSPS) is 10.2. The molecule has 1 amide bonds. The topological polar surface area (TPSA) is 51.2 Å². The molecule has 0 unspecified atom stereocenters. The summed E-state index contributed by atoms with van der Waals surface area (Å²) in [6, 6.07) is 6.92. The molecule has 1 heterocycles. The van der Waals surface area contributed by atoms with E-state index >= 15 is 0 Å². The van der Waals surface area contributed by atoms with Gasteiger partial charge in [0.05, 0.1) is 18.4 Å². The van der Waals surface area contributed by atoms with Gasteiger partial charge in [-0.3, -0.25) is 4.79 Å². The van der Waals surface area contributed by atoms with Gasteiger partial charge in [-0.05, 0) is 40.2 Å². The molecule has 1 aromatic heterocycles. The number of anilines is 1. The number of ether oxygens (including phenoxy) is 1. The Hall–Kier alpha value is -1.11. The summed E-state index contributed by atoms with van der Waals surface area (Å²) < 4.78 is 6.70. The summed E-state index contributed by atoms with van der Waals surface area (Å²) in [5.41, 5.74) is 0.825. The zero-order valence-corrected chi connectivity index (χ0v) is 14.2. The Kier molecular flexibility index (Phi) is 5.01. The van der Waals surface area contributed by atoms with Crippen LogP contribution in [0.1, 0.15) is 10.4 Å². The van der Waals surface area contributed by atoms with Crippen LogP contribution < -0.4 is 10.1 Å². The molecule has 0 saturated carbocycles. The summed E-state index contributed by atoms with van der Waals surface area (Å²) in [7, 11) is 1.53.